The van der Waals surface area contributed by atoms with Crippen molar-refractivity contribution in [3.8, 4) is 29.4 Å². The number of rotatable bonds is 16. The third-order valence-corrected chi connectivity index (χ3v) is 8.27. The second kappa shape index (κ2) is 17.8. The number of amides is 1. The van der Waals surface area contributed by atoms with Crippen molar-refractivity contribution < 1.29 is 23.4 Å². The van der Waals surface area contributed by atoms with Gasteiger partial charge >= 0.3 is 5.63 Å². The molecule has 2 atom stereocenters. The summed E-state index contributed by atoms with van der Waals surface area (Å²) in [4.78, 5) is 36.9. The monoisotopic (exact) mass is 710 g/mol. The lowest BCUT2D eigenvalue weighted by atomic mass is 10.1. The van der Waals surface area contributed by atoms with Crippen LogP contribution in [0.2, 0.25) is 0 Å². The van der Waals surface area contributed by atoms with Crippen LogP contribution in [0.1, 0.15) is 39.7 Å². The van der Waals surface area contributed by atoms with Crippen molar-refractivity contribution in [1.82, 2.24) is 10.3 Å². The number of methoxy groups -OCH3 is 2. The number of allylic oxidation sites excluding steroid dienone is 1. The maximum Gasteiger partial charge on any atom is 0.348 e. The molecule has 0 radical (unpaired) electrons. The molecule has 268 valence electrons. The molecule has 3 aromatic carbocycles. The van der Waals surface area contributed by atoms with Crippen LogP contribution >= 0.6 is 0 Å². The summed E-state index contributed by atoms with van der Waals surface area (Å²) in [6, 6.07) is 25.6. The molecule has 2 aromatic heterocycles. The summed E-state index contributed by atoms with van der Waals surface area (Å²) in [6.45, 7) is 6.77. The number of hydrogen-bond acceptors (Lipinski definition) is 11. The van der Waals surface area contributed by atoms with Gasteiger partial charge in [0.15, 0.2) is 12.1 Å². The first-order chi connectivity index (χ1) is 25.8. The molecule has 1 N–H and O–H groups in total. The molecule has 0 spiro atoms. The number of hydrogen-bond donors (Lipinski definition) is 1. The number of nitriles is 2. The maximum absolute atomic E-state index is 13.5. The Labute approximate surface area is 307 Å². The predicted octanol–water partition coefficient (Wildman–Crippen LogP) is 6.17. The molecule has 53 heavy (non-hydrogen) atoms. The average Bonchev–Trinajstić information content (AvgIpc) is 3.18. The molecule has 0 aliphatic carbocycles. The highest BCUT2D eigenvalue weighted by molar-refractivity contribution is 5.95. The van der Waals surface area contributed by atoms with Crippen molar-refractivity contribution >= 4 is 28.8 Å². The van der Waals surface area contributed by atoms with Crippen molar-refractivity contribution in [1.29, 1.82) is 10.5 Å². The minimum atomic E-state index is -1.36. The standard InChI is InChI=1S/C41H38N6O6/c1-5-7-27-18-19-44-35(20-27)40(48)46-37(23-43)36(22-42)45-24-34-39(52-6-2)33-17-12-30(21-38(33)53-41(34)49)47(25-28-8-13-31(50-3)14-9-28)26-29-10-15-32(51-4)16-11-29/h5,8-21,24,36-37H,1,6-7,25-26H2,2-4H3,(H,46,48). The Hall–Kier alpha value is -6.92. The highest BCUT2D eigenvalue weighted by atomic mass is 16.5. The summed E-state index contributed by atoms with van der Waals surface area (Å²) in [5.41, 5.74) is 3.25. The highest BCUT2D eigenvalue weighted by Crippen LogP contribution is 2.32. The smallest absolute Gasteiger partial charge is 0.348 e. The van der Waals surface area contributed by atoms with Gasteiger partial charge in [0.25, 0.3) is 5.91 Å². The van der Waals surface area contributed by atoms with Crippen molar-refractivity contribution in [3.05, 3.63) is 136 Å². The third kappa shape index (κ3) is 9.25. The molecule has 0 fully saturated rings. The van der Waals surface area contributed by atoms with Crippen molar-refractivity contribution in [2.75, 3.05) is 25.7 Å². The molecule has 0 saturated carbocycles. The lowest BCUT2D eigenvalue weighted by molar-refractivity contribution is 0.0938. The maximum atomic E-state index is 13.5. The van der Waals surface area contributed by atoms with E-state index in [1.807, 2.05) is 66.7 Å². The Bertz CT molecular complexity index is 2190. The van der Waals surface area contributed by atoms with Crippen LogP contribution in [0.15, 0.2) is 112 Å². The molecule has 2 heterocycles. The van der Waals surface area contributed by atoms with E-state index in [4.69, 9.17) is 18.6 Å². The fourth-order valence-corrected chi connectivity index (χ4v) is 5.56. The summed E-state index contributed by atoms with van der Waals surface area (Å²) in [5.74, 6) is 1.06. The number of carbonyl (C=O) groups is 1. The van der Waals surface area contributed by atoms with Crippen molar-refractivity contribution in [3.63, 3.8) is 0 Å². The van der Waals surface area contributed by atoms with Crippen LogP contribution in [-0.2, 0) is 19.5 Å². The second-order valence-electron chi connectivity index (χ2n) is 11.8. The molecule has 2 unspecified atom stereocenters. The molecule has 0 aliphatic heterocycles. The van der Waals surface area contributed by atoms with Gasteiger partial charge in [0.1, 0.15) is 34.1 Å². The zero-order valence-electron chi connectivity index (χ0n) is 29.6. The van der Waals surface area contributed by atoms with Gasteiger partial charge in [0, 0.05) is 37.3 Å². The largest absolute Gasteiger partial charge is 0.497 e. The number of anilines is 1. The number of pyridine rings is 1. The van der Waals surface area contributed by atoms with Gasteiger partial charge in [0.05, 0.1) is 38.4 Å². The van der Waals surface area contributed by atoms with Crippen LogP contribution in [0.4, 0.5) is 5.69 Å². The van der Waals surface area contributed by atoms with Crippen LogP contribution in [0.5, 0.6) is 17.2 Å². The van der Waals surface area contributed by atoms with Gasteiger partial charge in [-0.2, -0.15) is 10.5 Å². The molecule has 5 rings (SSSR count). The minimum Gasteiger partial charge on any atom is -0.497 e. The summed E-state index contributed by atoms with van der Waals surface area (Å²) in [7, 11) is 3.24. The number of fused-ring (bicyclic) bond motifs is 1. The van der Waals surface area contributed by atoms with Gasteiger partial charge in [-0.3, -0.25) is 14.8 Å². The molecule has 12 nitrogen and oxygen atoms in total. The summed E-state index contributed by atoms with van der Waals surface area (Å²) in [5, 5.41) is 22.8. The first-order valence-electron chi connectivity index (χ1n) is 16.7. The fourth-order valence-electron chi connectivity index (χ4n) is 5.56. The number of aromatic nitrogens is 1. The number of nitrogens with zero attached hydrogens (tertiary/aromatic N) is 5. The number of aliphatic imine (C=N–C) groups is 1. The van der Waals surface area contributed by atoms with Crippen molar-refractivity contribution in [2.45, 2.75) is 38.5 Å². The van der Waals surface area contributed by atoms with Gasteiger partial charge in [-0.25, -0.2) is 4.79 Å². The van der Waals surface area contributed by atoms with Gasteiger partial charge in [-0.05, 0) is 78.6 Å². The van der Waals surface area contributed by atoms with Gasteiger partial charge < -0.3 is 28.8 Å². The van der Waals surface area contributed by atoms with Crippen LogP contribution < -0.4 is 30.1 Å². The molecule has 0 bridgehead atoms. The van der Waals surface area contributed by atoms with E-state index in [0.29, 0.717) is 24.9 Å². The fraction of sp³-hybridized carbons (Fsp3) is 0.220. The molecular formula is C41H38N6O6. The summed E-state index contributed by atoms with van der Waals surface area (Å²) in [6.07, 6.45) is 4.85. The first-order valence-corrected chi connectivity index (χ1v) is 16.7. The van der Waals surface area contributed by atoms with E-state index in [-0.39, 0.29) is 29.2 Å². The second-order valence-corrected chi connectivity index (χ2v) is 11.8. The number of benzene rings is 3. The van der Waals surface area contributed by atoms with E-state index in [2.05, 4.69) is 26.8 Å². The molecule has 0 aliphatic rings. The quantitative estimate of drug-likeness (QED) is 0.0712. The van der Waals surface area contributed by atoms with Crippen molar-refractivity contribution in [2.24, 2.45) is 4.99 Å². The SMILES string of the molecule is C=CCc1ccnc(C(=O)NC(C#N)C(C#N)N=Cc2c(OCC)c3ccc(N(Cc4ccc(OC)cc4)Cc4ccc(OC)cc4)cc3oc2=O)c1. The van der Waals surface area contributed by atoms with Crippen LogP contribution in [0, 0.1) is 22.7 Å². The highest BCUT2D eigenvalue weighted by Gasteiger charge is 2.24. The third-order valence-electron chi connectivity index (χ3n) is 8.27. The molecule has 1 amide bonds. The van der Waals surface area contributed by atoms with Crippen LogP contribution in [-0.4, -0.2) is 50.0 Å². The number of ether oxygens (including phenoxy) is 3. The molecule has 0 saturated heterocycles. The van der Waals surface area contributed by atoms with Crippen LogP contribution in [0.3, 0.4) is 0 Å². The van der Waals surface area contributed by atoms with Crippen LogP contribution in [0.25, 0.3) is 11.0 Å². The van der Waals surface area contributed by atoms with Gasteiger partial charge in [-0.15, -0.1) is 6.58 Å². The predicted molar refractivity (Wildman–Crippen MR) is 202 cm³/mol. The minimum absolute atomic E-state index is 0.0394. The molecular weight excluding hydrogens is 672 g/mol. The van der Waals surface area contributed by atoms with Gasteiger partial charge in [0.2, 0.25) is 0 Å². The van der Waals surface area contributed by atoms with E-state index >= 15 is 0 Å². The molecule has 12 heteroatoms. The Morgan fingerprint density at radius 1 is 0.962 bits per heavy atom. The van der Waals surface area contributed by atoms with E-state index in [1.165, 1.54) is 6.20 Å². The average molecular weight is 711 g/mol. The Balaban J connectivity index is 1.46. The Morgan fingerprint density at radius 3 is 2.19 bits per heavy atom. The Morgan fingerprint density at radius 2 is 1.62 bits per heavy atom. The summed E-state index contributed by atoms with van der Waals surface area (Å²) < 4.78 is 22.4. The van der Waals surface area contributed by atoms with E-state index in [1.54, 1.807) is 51.5 Å². The zero-order chi connectivity index (χ0) is 37.7. The lowest BCUT2D eigenvalue weighted by Crippen LogP contribution is -2.41. The number of nitrogens with one attached hydrogen (secondary N) is 1. The van der Waals surface area contributed by atoms with E-state index in [0.717, 1.165) is 40.1 Å². The van der Waals surface area contributed by atoms with Gasteiger partial charge in [-0.1, -0.05) is 30.3 Å². The topological polar surface area (TPSA) is 163 Å². The zero-order valence-corrected chi connectivity index (χ0v) is 29.6. The Kier molecular flexibility index (Phi) is 12.6. The summed E-state index contributed by atoms with van der Waals surface area (Å²) >= 11 is 0. The number of carbonyl (C=O) groups excluding carboxylic acids is 1. The van der Waals surface area contributed by atoms with E-state index in [9.17, 15) is 20.1 Å². The lowest BCUT2D eigenvalue weighted by Gasteiger charge is -2.26. The molecule has 5 aromatic rings. The van der Waals surface area contributed by atoms with E-state index < -0.39 is 23.6 Å². The first kappa shape index (κ1) is 37.3. The normalized spacial score (nSPS) is 11.9.